The Morgan fingerprint density at radius 1 is 1.46 bits per heavy atom. The van der Waals surface area contributed by atoms with Gasteiger partial charge in [-0.15, -0.1) is 10.2 Å². The predicted octanol–water partition coefficient (Wildman–Crippen LogP) is 1.27. The van der Waals surface area contributed by atoms with Crippen LogP contribution in [0.2, 0.25) is 0 Å². The van der Waals surface area contributed by atoms with Gasteiger partial charge in [0.1, 0.15) is 12.2 Å². The molecule has 0 aliphatic heterocycles. The molecule has 0 amide bonds. The zero-order valence-electron chi connectivity index (χ0n) is 8.36. The molecule has 0 N–H and O–H groups in total. The molecule has 0 fully saturated rings. The third-order valence-electron chi connectivity index (χ3n) is 1.83. The van der Waals surface area contributed by atoms with Crippen LogP contribution in [0.4, 0.5) is 0 Å². The number of ether oxygens (including phenoxy) is 1. The van der Waals surface area contributed by atoms with Gasteiger partial charge in [-0.3, -0.25) is 0 Å². The van der Waals surface area contributed by atoms with E-state index in [1.807, 2.05) is 6.92 Å². The highest BCUT2D eigenvalue weighted by Crippen LogP contribution is 1.98. The van der Waals surface area contributed by atoms with E-state index in [9.17, 15) is 0 Å². The fourth-order valence-corrected chi connectivity index (χ4v) is 1.21. The Labute approximate surface area is 78.9 Å². The molecule has 1 heterocycles. The normalized spacial score (nSPS) is 10.6. The molecule has 0 spiro atoms. The fraction of sp³-hybridized carbons (Fsp3) is 0.778. The summed E-state index contributed by atoms with van der Waals surface area (Å²) in [7, 11) is 0. The van der Waals surface area contributed by atoms with E-state index in [1.165, 1.54) is 0 Å². The van der Waals surface area contributed by atoms with Crippen LogP contribution in [0.3, 0.4) is 0 Å². The van der Waals surface area contributed by atoms with Crippen molar-refractivity contribution >= 4 is 0 Å². The van der Waals surface area contributed by atoms with Crippen LogP contribution in [-0.4, -0.2) is 28.0 Å². The Morgan fingerprint density at radius 2 is 2.31 bits per heavy atom. The van der Waals surface area contributed by atoms with E-state index in [4.69, 9.17) is 4.74 Å². The molecule has 0 saturated heterocycles. The first-order valence-corrected chi connectivity index (χ1v) is 4.82. The lowest BCUT2D eigenvalue weighted by molar-refractivity contribution is 0.149. The van der Waals surface area contributed by atoms with Crippen molar-refractivity contribution in [3.8, 4) is 0 Å². The average molecular weight is 183 g/mol. The van der Waals surface area contributed by atoms with E-state index in [2.05, 4.69) is 21.7 Å². The van der Waals surface area contributed by atoms with Crippen molar-refractivity contribution in [3.63, 3.8) is 0 Å². The van der Waals surface area contributed by atoms with E-state index in [1.54, 1.807) is 6.33 Å². The molecule has 0 bridgehead atoms. The summed E-state index contributed by atoms with van der Waals surface area (Å²) < 4.78 is 7.34. The molecule has 0 atom stereocenters. The summed E-state index contributed by atoms with van der Waals surface area (Å²) in [5.74, 6) is 1.02. The monoisotopic (exact) mass is 183 g/mol. The van der Waals surface area contributed by atoms with Crippen molar-refractivity contribution in [2.45, 2.75) is 33.2 Å². The lowest BCUT2D eigenvalue weighted by atomic mass is 10.4. The molecule has 0 saturated carbocycles. The van der Waals surface area contributed by atoms with Gasteiger partial charge in [-0.05, 0) is 13.3 Å². The Hall–Kier alpha value is -0.900. The van der Waals surface area contributed by atoms with Gasteiger partial charge in [0, 0.05) is 19.6 Å². The van der Waals surface area contributed by atoms with Crippen LogP contribution in [0.1, 0.15) is 26.1 Å². The second-order valence-electron chi connectivity index (χ2n) is 2.89. The van der Waals surface area contributed by atoms with E-state index < -0.39 is 0 Å². The Bertz CT molecular complexity index is 235. The molecule has 0 aromatic carbocycles. The third kappa shape index (κ3) is 3.14. The van der Waals surface area contributed by atoms with Crippen molar-refractivity contribution in [1.82, 2.24) is 14.8 Å². The minimum Gasteiger partial charge on any atom is -0.381 e. The van der Waals surface area contributed by atoms with Crippen LogP contribution in [0.5, 0.6) is 0 Å². The highest BCUT2D eigenvalue weighted by atomic mass is 16.5. The van der Waals surface area contributed by atoms with Gasteiger partial charge in [-0.2, -0.15) is 0 Å². The van der Waals surface area contributed by atoms with Gasteiger partial charge in [0.2, 0.25) is 0 Å². The van der Waals surface area contributed by atoms with Crippen molar-refractivity contribution in [2.75, 3.05) is 13.2 Å². The van der Waals surface area contributed by atoms with Gasteiger partial charge < -0.3 is 9.30 Å². The molecule has 13 heavy (non-hydrogen) atoms. The van der Waals surface area contributed by atoms with Crippen LogP contribution >= 0.6 is 0 Å². The maximum Gasteiger partial charge on any atom is 0.135 e. The minimum atomic E-state index is 0.735. The molecule has 1 rings (SSSR count). The fourth-order valence-electron chi connectivity index (χ4n) is 1.21. The highest BCUT2D eigenvalue weighted by Gasteiger charge is 2.01. The largest absolute Gasteiger partial charge is 0.381 e. The zero-order valence-corrected chi connectivity index (χ0v) is 8.36. The molecule has 0 unspecified atom stereocenters. The summed E-state index contributed by atoms with van der Waals surface area (Å²) in [5.41, 5.74) is 0. The minimum absolute atomic E-state index is 0.735. The number of rotatable bonds is 6. The molecular formula is C9H17N3O. The Kier molecular flexibility index (Phi) is 4.46. The van der Waals surface area contributed by atoms with Crippen molar-refractivity contribution < 1.29 is 4.74 Å². The lowest BCUT2D eigenvalue weighted by Crippen LogP contribution is -2.06. The van der Waals surface area contributed by atoms with Crippen molar-refractivity contribution in [1.29, 1.82) is 0 Å². The molecule has 74 valence electrons. The van der Waals surface area contributed by atoms with Crippen molar-refractivity contribution in [2.24, 2.45) is 0 Å². The maximum atomic E-state index is 5.26. The number of hydrogen-bond acceptors (Lipinski definition) is 3. The van der Waals surface area contributed by atoms with E-state index in [0.29, 0.717) is 0 Å². The topological polar surface area (TPSA) is 39.9 Å². The SMILES string of the molecule is CCCn1cnnc1CCOCC. The number of hydrogen-bond donors (Lipinski definition) is 0. The summed E-state index contributed by atoms with van der Waals surface area (Å²) in [5, 5.41) is 7.92. The molecule has 1 aromatic heterocycles. The number of aryl methyl sites for hydroxylation is 1. The average Bonchev–Trinajstić information content (AvgIpc) is 2.54. The zero-order chi connectivity index (χ0) is 9.52. The molecule has 0 radical (unpaired) electrons. The summed E-state index contributed by atoms with van der Waals surface area (Å²) in [6.07, 6.45) is 3.75. The number of nitrogens with zero attached hydrogens (tertiary/aromatic N) is 3. The van der Waals surface area contributed by atoms with E-state index >= 15 is 0 Å². The molecule has 4 nitrogen and oxygen atoms in total. The third-order valence-corrected chi connectivity index (χ3v) is 1.83. The van der Waals surface area contributed by atoms with Gasteiger partial charge in [0.05, 0.1) is 6.61 Å². The van der Waals surface area contributed by atoms with Crippen LogP contribution in [0.25, 0.3) is 0 Å². The van der Waals surface area contributed by atoms with Crippen molar-refractivity contribution in [3.05, 3.63) is 12.2 Å². The molecule has 0 aliphatic carbocycles. The van der Waals surface area contributed by atoms with Gasteiger partial charge in [0.15, 0.2) is 0 Å². The summed E-state index contributed by atoms with van der Waals surface area (Å²) in [4.78, 5) is 0. The standard InChI is InChI=1S/C9H17N3O/c1-3-6-12-8-10-11-9(12)5-7-13-4-2/h8H,3-7H2,1-2H3. The second-order valence-corrected chi connectivity index (χ2v) is 2.89. The van der Waals surface area contributed by atoms with Crippen LogP contribution in [0, 0.1) is 0 Å². The van der Waals surface area contributed by atoms with Crippen LogP contribution in [-0.2, 0) is 17.7 Å². The smallest absolute Gasteiger partial charge is 0.135 e. The highest BCUT2D eigenvalue weighted by molar-refractivity contribution is 4.85. The second kappa shape index (κ2) is 5.70. The van der Waals surface area contributed by atoms with Gasteiger partial charge in [-0.1, -0.05) is 6.92 Å². The van der Waals surface area contributed by atoms with Gasteiger partial charge in [-0.25, -0.2) is 0 Å². The lowest BCUT2D eigenvalue weighted by Gasteiger charge is -2.04. The van der Waals surface area contributed by atoms with Crippen LogP contribution < -0.4 is 0 Å². The molecular weight excluding hydrogens is 166 g/mol. The Balaban J connectivity index is 2.40. The summed E-state index contributed by atoms with van der Waals surface area (Å²) in [6.45, 7) is 6.64. The first kappa shape index (κ1) is 10.2. The molecule has 0 aliphatic rings. The Morgan fingerprint density at radius 3 is 3.00 bits per heavy atom. The summed E-state index contributed by atoms with van der Waals surface area (Å²) >= 11 is 0. The molecule has 1 aromatic rings. The quantitative estimate of drug-likeness (QED) is 0.623. The van der Waals surface area contributed by atoms with E-state index in [0.717, 1.165) is 38.4 Å². The van der Waals surface area contributed by atoms with Crippen LogP contribution in [0.15, 0.2) is 6.33 Å². The van der Waals surface area contributed by atoms with Gasteiger partial charge in [0.25, 0.3) is 0 Å². The number of aromatic nitrogens is 3. The van der Waals surface area contributed by atoms with E-state index in [-0.39, 0.29) is 0 Å². The maximum absolute atomic E-state index is 5.26. The first-order chi connectivity index (χ1) is 6.38. The predicted molar refractivity (Wildman–Crippen MR) is 50.5 cm³/mol. The summed E-state index contributed by atoms with van der Waals surface area (Å²) in [6, 6.07) is 0. The van der Waals surface area contributed by atoms with Gasteiger partial charge >= 0.3 is 0 Å². The first-order valence-electron chi connectivity index (χ1n) is 4.82. The molecule has 4 heteroatoms.